The average molecular weight is 269 g/mol. The zero-order chi connectivity index (χ0) is 13.0. The Hall–Kier alpha value is -0.220. The molecule has 3 nitrogen and oxygen atoms in total. The van der Waals surface area contributed by atoms with Gasteiger partial charge in [0.25, 0.3) is 0 Å². The summed E-state index contributed by atoms with van der Waals surface area (Å²) in [7, 11) is 2.21. The molecule has 0 aromatic carbocycles. The van der Waals surface area contributed by atoms with Gasteiger partial charge in [-0.25, -0.2) is 0 Å². The maximum atomic E-state index is 4.79. The molecule has 2 aliphatic heterocycles. The molecule has 2 rings (SSSR count). The molecular formula is C14H27N3S. The van der Waals surface area contributed by atoms with Crippen molar-refractivity contribution in [2.45, 2.75) is 45.6 Å². The molecule has 0 bridgehead atoms. The largest absolute Gasteiger partial charge is 0.361 e. The fourth-order valence-electron chi connectivity index (χ4n) is 2.78. The quantitative estimate of drug-likeness (QED) is 0.853. The Balaban J connectivity index is 1.86. The maximum absolute atomic E-state index is 4.79. The molecule has 104 valence electrons. The smallest absolute Gasteiger partial charge is 0.156 e. The second-order valence-electron chi connectivity index (χ2n) is 5.86. The van der Waals surface area contributed by atoms with Gasteiger partial charge in [-0.3, -0.25) is 4.99 Å². The molecule has 0 amide bonds. The molecule has 4 heteroatoms. The SMILES string of the molecule is CCC1(CC)CN=C(NC2CCCN(C)C2)SC1. The summed E-state index contributed by atoms with van der Waals surface area (Å²) in [6, 6.07) is 0.603. The molecule has 0 aromatic rings. The van der Waals surface area contributed by atoms with Crippen molar-refractivity contribution in [1.29, 1.82) is 0 Å². The summed E-state index contributed by atoms with van der Waals surface area (Å²) in [5, 5.41) is 4.83. The Kier molecular flexibility index (Phi) is 4.96. The summed E-state index contributed by atoms with van der Waals surface area (Å²) in [5.74, 6) is 1.23. The predicted molar refractivity (Wildman–Crippen MR) is 81.4 cm³/mol. The van der Waals surface area contributed by atoms with E-state index >= 15 is 0 Å². The molecule has 2 aliphatic rings. The number of amidine groups is 1. The second kappa shape index (κ2) is 6.29. The zero-order valence-electron chi connectivity index (χ0n) is 12.0. The maximum Gasteiger partial charge on any atom is 0.156 e. The van der Waals surface area contributed by atoms with Gasteiger partial charge in [0.15, 0.2) is 5.17 Å². The first kappa shape index (κ1) is 14.2. The fraction of sp³-hybridized carbons (Fsp3) is 0.929. The summed E-state index contributed by atoms with van der Waals surface area (Å²) in [4.78, 5) is 7.21. The van der Waals surface area contributed by atoms with Crippen LogP contribution >= 0.6 is 11.8 Å². The highest BCUT2D eigenvalue weighted by Crippen LogP contribution is 2.34. The van der Waals surface area contributed by atoms with Crippen LogP contribution in [0.5, 0.6) is 0 Å². The second-order valence-corrected chi connectivity index (χ2v) is 6.83. The fourth-order valence-corrected chi connectivity index (χ4v) is 4.12. The van der Waals surface area contributed by atoms with Crippen molar-refractivity contribution in [3.63, 3.8) is 0 Å². The summed E-state index contributed by atoms with van der Waals surface area (Å²) >= 11 is 1.93. The molecule has 0 radical (unpaired) electrons. The highest BCUT2D eigenvalue weighted by atomic mass is 32.2. The van der Waals surface area contributed by atoms with Gasteiger partial charge in [-0.2, -0.15) is 0 Å². The van der Waals surface area contributed by atoms with Crippen LogP contribution in [-0.2, 0) is 0 Å². The number of likely N-dealkylation sites (N-methyl/N-ethyl adjacent to an activating group) is 1. The van der Waals surface area contributed by atoms with Crippen LogP contribution in [0.15, 0.2) is 4.99 Å². The van der Waals surface area contributed by atoms with E-state index in [0.717, 1.165) is 13.1 Å². The molecule has 1 atom stereocenters. The minimum Gasteiger partial charge on any atom is -0.361 e. The van der Waals surface area contributed by atoms with Gasteiger partial charge in [-0.05, 0) is 44.7 Å². The van der Waals surface area contributed by atoms with Gasteiger partial charge < -0.3 is 10.2 Å². The molecule has 2 heterocycles. The number of piperidine rings is 1. The van der Waals surface area contributed by atoms with E-state index in [1.165, 1.54) is 43.1 Å². The third-order valence-corrected chi connectivity index (χ3v) is 5.80. The lowest BCUT2D eigenvalue weighted by Crippen LogP contribution is -2.47. The monoisotopic (exact) mass is 269 g/mol. The van der Waals surface area contributed by atoms with Crippen LogP contribution in [0.3, 0.4) is 0 Å². The van der Waals surface area contributed by atoms with Crippen LogP contribution in [-0.4, -0.2) is 48.5 Å². The minimum atomic E-state index is 0.458. The van der Waals surface area contributed by atoms with Gasteiger partial charge in [0.1, 0.15) is 0 Å². The number of nitrogens with one attached hydrogen (secondary N) is 1. The van der Waals surface area contributed by atoms with E-state index in [1.807, 2.05) is 11.8 Å². The molecular weight excluding hydrogens is 242 g/mol. The van der Waals surface area contributed by atoms with E-state index in [0.29, 0.717) is 11.5 Å². The molecule has 0 aromatic heterocycles. The van der Waals surface area contributed by atoms with E-state index in [4.69, 9.17) is 4.99 Å². The van der Waals surface area contributed by atoms with Crippen LogP contribution in [0.1, 0.15) is 39.5 Å². The third kappa shape index (κ3) is 3.41. The number of nitrogens with zero attached hydrogens (tertiary/aromatic N) is 2. The van der Waals surface area contributed by atoms with Gasteiger partial charge in [-0.1, -0.05) is 25.6 Å². The first-order valence-electron chi connectivity index (χ1n) is 7.30. The first-order valence-corrected chi connectivity index (χ1v) is 8.28. The molecule has 0 spiro atoms. The van der Waals surface area contributed by atoms with E-state index < -0.39 is 0 Å². The number of likely N-dealkylation sites (tertiary alicyclic amines) is 1. The normalized spacial score (nSPS) is 28.8. The predicted octanol–water partition coefficient (Wildman–Crippen LogP) is 2.58. The number of rotatable bonds is 3. The average Bonchev–Trinajstić information content (AvgIpc) is 2.40. The van der Waals surface area contributed by atoms with Crippen LogP contribution in [0.25, 0.3) is 0 Å². The van der Waals surface area contributed by atoms with Crippen LogP contribution < -0.4 is 5.32 Å². The van der Waals surface area contributed by atoms with Gasteiger partial charge in [-0.15, -0.1) is 0 Å². The van der Waals surface area contributed by atoms with E-state index in [-0.39, 0.29) is 0 Å². The van der Waals surface area contributed by atoms with Crippen LogP contribution in [0, 0.1) is 5.41 Å². The van der Waals surface area contributed by atoms with Crippen molar-refractivity contribution in [2.24, 2.45) is 10.4 Å². The van der Waals surface area contributed by atoms with Crippen LogP contribution in [0.4, 0.5) is 0 Å². The van der Waals surface area contributed by atoms with Gasteiger partial charge in [0.2, 0.25) is 0 Å². The van der Waals surface area contributed by atoms with Crippen molar-refractivity contribution in [3.05, 3.63) is 0 Å². The van der Waals surface area contributed by atoms with Crippen LogP contribution in [0.2, 0.25) is 0 Å². The molecule has 0 saturated carbocycles. The Morgan fingerprint density at radius 3 is 2.78 bits per heavy atom. The standard InChI is InChI=1S/C14H27N3S/c1-4-14(5-2)10-15-13(18-11-14)16-12-7-6-8-17(3)9-12/h12H,4-11H2,1-3H3,(H,15,16). The lowest BCUT2D eigenvalue weighted by Gasteiger charge is -2.36. The summed E-state index contributed by atoms with van der Waals surface area (Å²) in [6.07, 6.45) is 5.09. The van der Waals surface area contributed by atoms with E-state index in [1.54, 1.807) is 0 Å². The van der Waals surface area contributed by atoms with Gasteiger partial charge in [0.05, 0.1) is 0 Å². The Bertz CT molecular complexity index is 299. The van der Waals surface area contributed by atoms with Crippen molar-refractivity contribution < 1.29 is 0 Å². The number of aliphatic imine (C=N–C) groups is 1. The lowest BCUT2D eigenvalue weighted by molar-refractivity contribution is 0.241. The number of thioether (sulfide) groups is 1. The molecule has 1 unspecified atom stereocenters. The summed E-state index contributed by atoms with van der Waals surface area (Å²) in [6.45, 7) is 8.01. The molecule has 18 heavy (non-hydrogen) atoms. The van der Waals surface area contributed by atoms with E-state index in [2.05, 4.69) is 31.1 Å². The van der Waals surface area contributed by atoms with Crippen molar-refractivity contribution >= 4 is 16.9 Å². The Labute approximate surface area is 116 Å². The number of hydrogen-bond donors (Lipinski definition) is 1. The first-order chi connectivity index (χ1) is 8.67. The molecule has 1 saturated heterocycles. The number of hydrogen-bond acceptors (Lipinski definition) is 4. The minimum absolute atomic E-state index is 0.458. The Morgan fingerprint density at radius 2 is 2.22 bits per heavy atom. The van der Waals surface area contributed by atoms with E-state index in [9.17, 15) is 0 Å². The summed E-state index contributed by atoms with van der Waals surface area (Å²) in [5.41, 5.74) is 0.458. The van der Waals surface area contributed by atoms with Crippen molar-refractivity contribution in [2.75, 3.05) is 32.4 Å². The zero-order valence-corrected chi connectivity index (χ0v) is 12.9. The molecule has 1 N–H and O–H groups in total. The lowest BCUT2D eigenvalue weighted by atomic mass is 9.84. The third-order valence-electron chi connectivity index (χ3n) is 4.53. The van der Waals surface area contributed by atoms with Crippen molar-refractivity contribution in [3.8, 4) is 0 Å². The highest BCUT2D eigenvalue weighted by molar-refractivity contribution is 8.13. The highest BCUT2D eigenvalue weighted by Gasteiger charge is 2.30. The summed E-state index contributed by atoms with van der Waals surface area (Å²) < 4.78 is 0. The van der Waals surface area contributed by atoms with Gasteiger partial charge >= 0.3 is 0 Å². The molecule has 0 aliphatic carbocycles. The molecule has 1 fully saturated rings. The van der Waals surface area contributed by atoms with Crippen molar-refractivity contribution in [1.82, 2.24) is 10.2 Å². The van der Waals surface area contributed by atoms with Gasteiger partial charge in [0, 0.05) is 24.9 Å². The Morgan fingerprint density at radius 1 is 1.44 bits per heavy atom. The topological polar surface area (TPSA) is 27.6 Å².